The lowest BCUT2D eigenvalue weighted by molar-refractivity contribution is -0.293. The van der Waals surface area contributed by atoms with Crippen LogP contribution in [0.25, 0.3) is 0 Å². The Bertz CT molecular complexity index is 656. The normalized spacial score (nSPS) is 17.9. The predicted octanol–water partition coefficient (Wildman–Crippen LogP) is 4.18. The van der Waals surface area contributed by atoms with Gasteiger partial charge >= 0.3 is 18.0 Å². The first kappa shape index (κ1) is 17.0. The van der Waals surface area contributed by atoms with Crippen molar-refractivity contribution in [1.29, 1.82) is 0 Å². The van der Waals surface area contributed by atoms with Gasteiger partial charge in [-0.1, -0.05) is 24.3 Å². The summed E-state index contributed by atoms with van der Waals surface area (Å²) in [7, 11) is 0. The maximum atomic E-state index is 13.1. The van der Waals surface area contributed by atoms with Gasteiger partial charge < -0.3 is 4.74 Å². The van der Waals surface area contributed by atoms with Crippen LogP contribution >= 0.6 is 0 Å². The van der Waals surface area contributed by atoms with Gasteiger partial charge in [0, 0.05) is 5.56 Å². The predicted molar refractivity (Wildman–Crippen MR) is 71.3 cm³/mol. The number of hydrogen-bond acceptors (Lipinski definition) is 3. The Balaban J connectivity index is 2.68. The van der Waals surface area contributed by atoms with Gasteiger partial charge in [0.2, 0.25) is 11.8 Å². The Morgan fingerprint density at radius 3 is 1.96 bits per heavy atom. The number of nitrogens with zero attached hydrogens (tertiary/aromatic N) is 2. The van der Waals surface area contributed by atoms with Crippen molar-refractivity contribution in [3.05, 3.63) is 48.0 Å². The average Bonchev–Trinajstić information content (AvgIpc) is 2.45. The number of halogens is 6. The quantitative estimate of drug-likeness (QED) is 0.746. The van der Waals surface area contributed by atoms with Crippen LogP contribution in [-0.4, -0.2) is 29.8 Å². The molecule has 0 saturated heterocycles. The molecule has 1 heterocycles. The first-order chi connectivity index (χ1) is 10.5. The van der Waals surface area contributed by atoms with E-state index in [1.807, 2.05) is 0 Å². The van der Waals surface area contributed by atoms with E-state index in [4.69, 9.17) is 4.74 Å². The molecule has 2 rings (SSSR count). The monoisotopic (exact) mass is 336 g/mol. The van der Waals surface area contributed by atoms with Crippen molar-refractivity contribution < 1.29 is 31.1 Å². The van der Waals surface area contributed by atoms with Crippen molar-refractivity contribution in [3.8, 4) is 0 Å². The van der Waals surface area contributed by atoms with Gasteiger partial charge in [0.15, 0.2) is 0 Å². The van der Waals surface area contributed by atoms with Crippen LogP contribution in [0.5, 0.6) is 0 Å². The fraction of sp³-hybridized carbons (Fsp3) is 0.286. The van der Waals surface area contributed by atoms with E-state index in [9.17, 15) is 26.3 Å². The molecule has 0 fully saturated rings. The minimum absolute atomic E-state index is 0.0391. The third kappa shape index (κ3) is 2.95. The zero-order valence-electron chi connectivity index (χ0n) is 11.7. The molecule has 0 radical (unpaired) electrons. The van der Waals surface area contributed by atoms with E-state index in [1.165, 1.54) is 24.3 Å². The standard InChI is InChI=1S/C14H10F6N2O/c1-3-10-21-12(13(15,16)17,14(18,19)20)22-11(23-10)9-6-4-8(2)5-7-9/h3-7H,1H2,2H3. The molecule has 0 unspecified atom stereocenters. The lowest BCUT2D eigenvalue weighted by atomic mass is 10.1. The smallest absolute Gasteiger partial charge is 0.421 e. The second-order valence-corrected chi connectivity index (χ2v) is 4.71. The molecule has 1 aliphatic heterocycles. The van der Waals surface area contributed by atoms with Crippen LogP contribution in [0, 0.1) is 6.92 Å². The van der Waals surface area contributed by atoms with Gasteiger partial charge in [0.05, 0.1) is 0 Å². The zero-order chi connectivity index (χ0) is 17.5. The molecule has 1 aliphatic rings. The van der Waals surface area contributed by atoms with E-state index in [1.54, 1.807) is 6.92 Å². The van der Waals surface area contributed by atoms with E-state index in [2.05, 4.69) is 16.6 Å². The van der Waals surface area contributed by atoms with Crippen molar-refractivity contribution in [1.82, 2.24) is 0 Å². The van der Waals surface area contributed by atoms with Gasteiger partial charge in [-0.15, -0.1) is 0 Å². The van der Waals surface area contributed by atoms with Crippen LogP contribution in [0.4, 0.5) is 26.3 Å². The zero-order valence-corrected chi connectivity index (χ0v) is 11.7. The Morgan fingerprint density at radius 2 is 1.52 bits per heavy atom. The summed E-state index contributed by atoms with van der Waals surface area (Å²) in [5, 5.41) is 0. The molecule has 0 N–H and O–H groups in total. The summed E-state index contributed by atoms with van der Waals surface area (Å²) >= 11 is 0. The lowest BCUT2D eigenvalue weighted by Crippen LogP contribution is -2.56. The molecule has 0 spiro atoms. The van der Waals surface area contributed by atoms with Crippen molar-refractivity contribution in [2.75, 3.05) is 0 Å². The summed E-state index contributed by atoms with van der Waals surface area (Å²) in [4.78, 5) is 5.37. The van der Waals surface area contributed by atoms with Gasteiger partial charge in [0.1, 0.15) is 0 Å². The molecule has 1 aromatic rings. The Labute approximate surface area is 127 Å². The number of rotatable bonds is 2. The second-order valence-electron chi connectivity index (χ2n) is 4.71. The van der Waals surface area contributed by atoms with Crippen molar-refractivity contribution in [3.63, 3.8) is 0 Å². The van der Waals surface area contributed by atoms with Crippen LogP contribution in [0.3, 0.4) is 0 Å². The highest BCUT2D eigenvalue weighted by atomic mass is 19.4. The summed E-state index contributed by atoms with van der Waals surface area (Å²) in [6, 6.07) is 5.61. The Hall–Kier alpha value is -2.32. The highest BCUT2D eigenvalue weighted by Gasteiger charge is 2.73. The van der Waals surface area contributed by atoms with Crippen LogP contribution in [-0.2, 0) is 4.74 Å². The Morgan fingerprint density at radius 1 is 1.00 bits per heavy atom. The van der Waals surface area contributed by atoms with Gasteiger partial charge in [0.25, 0.3) is 0 Å². The first-order valence-electron chi connectivity index (χ1n) is 6.20. The van der Waals surface area contributed by atoms with Crippen molar-refractivity contribution >= 4 is 11.8 Å². The molecule has 0 bridgehead atoms. The van der Waals surface area contributed by atoms with Gasteiger partial charge in [-0.05, 0) is 25.1 Å². The van der Waals surface area contributed by atoms with Crippen LogP contribution in [0.15, 0.2) is 46.9 Å². The summed E-state index contributed by atoms with van der Waals surface area (Å²) < 4.78 is 83.7. The van der Waals surface area contributed by atoms with Gasteiger partial charge in [-0.2, -0.15) is 26.3 Å². The van der Waals surface area contributed by atoms with Crippen LogP contribution in [0.1, 0.15) is 11.1 Å². The molecule has 0 aromatic heterocycles. The number of hydrogen-bond donors (Lipinski definition) is 0. The molecule has 0 aliphatic carbocycles. The molecule has 1 aromatic carbocycles. The fourth-order valence-corrected chi connectivity index (χ4v) is 1.80. The van der Waals surface area contributed by atoms with E-state index in [0.29, 0.717) is 6.08 Å². The average molecular weight is 336 g/mol. The molecule has 0 atom stereocenters. The Kier molecular flexibility index (Phi) is 4.00. The maximum Gasteiger partial charge on any atom is 0.443 e. The lowest BCUT2D eigenvalue weighted by Gasteiger charge is -2.33. The summed E-state index contributed by atoms with van der Waals surface area (Å²) in [5.74, 6) is -1.74. The van der Waals surface area contributed by atoms with E-state index in [-0.39, 0.29) is 5.56 Å². The minimum Gasteiger partial charge on any atom is -0.421 e. The third-order valence-corrected chi connectivity index (χ3v) is 3.00. The highest BCUT2D eigenvalue weighted by Crippen LogP contribution is 2.48. The minimum atomic E-state index is -5.79. The SMILES string of the molecule is C=CC1=NC(C(F)(F)F)(C(F)(F)F)N=C(c2ccc(C)cc2)O1. The van der Waals surface area contributed by atoms with Crippen molar-refractivity contribution in [2.45, 2.75) is 24.9 Å². The van der Waals surface area contributed by atoms with Gasteiger partial charge in [-0.25, -0.2) is 9.98 Å². The first-order valence-corrected chi connectivity index (χ1v) is 6.20. The topological polar surface area (TPSA) is 34.0 Å². The fourth-order valence-electron chi connectivity index (χ4n) is 1.80. The summed E-state index contributed by atoms with van der Waals surface area (Å²) in [5.41, 5.74) is -3.90. The van der Waals surface area contributed by atoms with Crippen molar-refractivity contribution in [2.24, 2.45) is 9.98 Å². The summed E-state index contributed by atoms with van der Waals surface area (Å²) in [6.45, 7) is 4.82. The second kappa shape index (κ2) is 5.39. The van der Waals surface area contributed by atoms with Gasteiger partial charge in [-0.3, -0.25) is 0 Å². The highest BCUT2D eigenvalue weighted by molar-refractivity contribution is 6.06. The number of benzene rings is 1. The molecular formula is C14H10F6N2O. The molecule has 3 nitrogen and oxygen atoms in total. The molecule has 9 heteroatoms. The molecule has 124 valence electrons. The number of alkyl halides is 6. The maximum absolute atomic E-state index is 13.1. The van der Waals surface area contributed by atoms with Crippen LogP contribution < -0.4 is 0 Å². The number of aliphatic imine (C=N–C) groups is 2. The molecular weight excluding hydrogens is 326 g/mol. The molecule has 0 saturated carbocycles. The largest absolute Gasteiger partial charge is 0.443 e. The molecule has 23 heavy (non-hydrogen) atoms. The van der Waals surface area contributed by atoms with E-state index < -0.39 is 29.8 Å². The molecule has 0 amide bonds. The summed E-state index contributed by atoms with van der Waals surface area (Å²) in [6.07, 6.45) is -10.9. The van der Waals surface area contributed by atoms with E-state index in [0.717, 1.165) is 5.56 Å². The number of ether oxygens (including phenoxy) is 1. The van der Waals surface area contributed by atoms with Crippen LogP contribution in [0.2, 0.25) is 0 Å². The third-order valence-electron chi connectivity index (χ3n) is 3.00. The number of aryl methyl sites for hydroxylation is 1. The van der Waals surface area contributed by atoms with E-state index >= 15 is 0 Å².